The predicted molar refractivity (Wildman–Crippen MR) is 54.3 cm³/mol. The molecule has 2 heterocycles. The number of aromatic nitrogens is 2. The summed E-state index contributed by atoms with van der Waals surface area (Å²) in [6, 6.07) is 0. The normalized spacial score (nSPS) is 31.8. The number of aliphatic hydroxyl groups excluding tert-OH is 3. The van der Waals surface area contributed by atoms with Crippen molar-refractivity contribution >= 4 is 0 Å². The molecule has 1 aliphatic rings. The van der Waals surface area contributed by atoms with Crippen LogP contribution in [0.15, 0.2) is 15.8 Å². The van der Waals surface area contributed by atoms with Gasteiger partial charge in [0.2, 0.25) is 5.82 Å². The average Bonchev–Trinajstić information content (AvgIpc) is 2.61. The van der Waals surface area contributed by atoms with E-state index >= 15 is 0 Å². The van der Waals surface area contributed by atoms with Crippen molar-refractivity contribution < 1.29 is 24.4 Å². The SMILES string of the molecule is O=c1[nH]c(=O)n([C@@H]2O[C@H](CO)[C@@H](O)[C@H]2O)cc1[18F]. The molecular formula is C9H11FN2O6. The van der Waals surface area contributed by atoms with Crippen molar-refractivity contribution in [3.63, 3.8) is 0 Å². The van der Waals surface area contributed by atoms with Gasteiger partial charge in [0.1, 0.15) is 18.3 Å². The number of rotatable bonds is 2. The first-order chi connectivity index (χ1) is 8.45. The summed E-state index contributed by atoms with van der Waals surface area (Å²) in [5, 5.41) is 28.0. The zero-order valence-electron chi connectivity index (χ0n) is 8.99. The van der Waals surface area contributed by atoms with Crippen LogP contribution in [-0.2, 0) is 4.74 Å². The molecule has 1 aromatic heterocycles. The minimum atomic E-state index is -1.52. The lowest BCUT2D eigenvalue weighted by molar-refractivity contribution is -0.0554. The molecule has 1 aliphatic heterocycles. The second-order valence-corrected chi connectivity index (χ2v) is 3.87. The van der Waals surface area contributed by atoms with Crippen LogP contribution in [-0.4, -0.2) is 49.8 Å². The van der Waals surface area contributed by atoms with E-state index in [4.69, 9.17) is 9.84 Å². The van der Waals surface area contributed by atoms with Gasteiger partial charge in [-0.3, -0.25) is 14.3 Å². The summed E-state index contributed by atoms with van der Waals surface area (Å²) in [6.07, 6.45) is -4.84. The summed E-state index contributed by atoms with van der Waals surface area (Å²) in [6.45, 7) is -0.574. The number of nitrogens with zero attached hydrogens (tertiary/aromatic N) is 1. The zero-order chi connectivity index (χ0) is 13.4. The number of nitrogens with one attached hydrogen (secondary N) is 1. The molecule has 1 saturated heterocycles. The predicted octanol–water partition coefficient (Wildman–Crippen LogP) is -2.71. The molecule has 0 unspecified atom stereocenters. The molecule has 0 bridgehead atoms. The third kappa shape index (κ3) is 1.97. The quantitative estimate of drug-likeness (QED) is 0.458. The van der Waals surface area contributed by atoms with Crippen LogP contribution in [0.1, 0.15) is 6.23 Å². The molecule has 4 atom stereocenters. The van der Waals surface area contributed by atoms with Crippen LogP contribution in [0.5, 0.6) is 0 Å². The molecule has 4 N–H and O–H groups in total. The van der Waals surface area contributed by atoms with Crippen molar-refractivity contribution in [3.05, 3.63) is 32.9 Å². The Balaban J connectivity index is 2.42. The molecule has 0 aromatic carbocycles. The summed E-state index contributed by atoms with van der Waals surface area (Å²) < 4.78 is 18.7. The molecule has 0 saturated carbocycles. The van der Waals surface area contributed by atoms with E-state index in [0.717, 1.165) is 0 Å². The van der Waals surface area contributed by atoms with E-state index in [-0.39, 0.29) is 0 Å². The van der Waals surface area contributed by atoms with Crippen LogP contribution >= 0.6 is 0 Å². The number of hydrogen-bond donors (Lipinski definition) is 4. The fraction of sp³-hybridized carbons (Fsp3) is 0.556. The number of halogens is 1. The van der Waals surface area contributed by atoms with Gasteiger partial charge in [-0.25, -0.2) is 4.79 Å². The van der Waals surface area contributed by atoms with E-state index in [1.165, 1.54) is 0 Å². The Labute approximate surface area is 98.9 Å². The Morgan fingerprint density at radius 2 is 2.06 bits per heavy atom. The molecular weight excluding hydrogens is 250 g/mol. The van der Waals surface area contributed by atoms with E-state index in [0.29, 0.717) is 10.8 Å². The Bertz CT molecular complexity index is 555. The number of aromatic amines is 1. The Hall–Kier alpha value is -1.55. The van der Waals surface area contributed by atoms with Crippen molar-refractivity contribution in [1.29, 1.82) is 0 Å². The fourth-order valence-electron chi connectivity index (χ4n) is 1.76. The van der Waals surface area contributed by atoms with Gasteiger partial charge >= 0.3 is 5.69 Å². The Kier molecular flexibility index (Phi) is 3.30. The first-order valence-electron chi connectivity index (χ1n) is 5.09. The fourth-order valence-corrected chi connectivity index (χ4v) is 1.76. The average molecular weight is 261 g/mol. The highest BCUT2D eigenvalue weighted by Gasteiger charge is 2.43. The molecule has 9 heteroatoms. The van der Waals surface area contributed by atoms with Gasteiger partial charge in [0.25, 0.3) is 5.56 Å². The summed E-state index contributed by atoms with van der Waals surface area (Å²) in [7, 11) is 0. The molecule has 1 aromatic rings. The second kappa shape index (κ2) is 4.61. The molecule has 0 aliphatic carbocycles. The summed E-state index contributed by atoms with van der Waals surface area (Å²) in [5.74, 6) is -1.23. The Morgan fingerprint density at radius 3 is 2.61 bits per heavy atom. The van der Waals surface area contributed by atoms with Crippen molar-refractivity contribution in [2.24, 2.45) is 0 Å². The van der Waals surface area contributed by atoms with Crippen molar-refractivity contribution in [1.82, 2.24) is 9.55 Å². The van der Waals surface area contributed by atoms with Crippen molar-refractivity contribution in [3.8, 4) is 0 Å². The van der Waals surface area contributed by atoms with Gasteiger partial charge in [-0.15, -0.1) is 0 Å². The Morgan fingerprint density at radius 1 is 1.39 bits per heavy atom. The number of hydrogen-bond acceptors (Lipinski definition) is 6. The monoisotopic (exact) mass is 261 g/mol. The van der Waals surface area contributed by atoms with Crippen LogP contribution < -0.4 is 11.2 Å². The lowest BCUT2D eigenvalue weighted by atomic mass is 10.1. The second-order valence-electron chi connectivity index (χ2n) is 3.87. The first-order valence-corrected chi connectivity index (χ1v) is 5.09. The summed E-state index contributed by atoms with van der Waals surface area (Å²) >= 11 is 0. The lowest BCUT2D eigenvalue weighted by Crippen LogP contribution is -2.38. The topological polar surface area (TPSA) is 125 Å². The largest absolute Gasteiger partial charge is 0.394 e. The van der Waals surface area contributed by atoms with Gasteiger partial charge in [-0.05, 0) is 0 Å². The number of ether oxygens (including phenoxy) is 1. The lowest BCUT2D eigenvalue weighted by Gasteiger charge is -2.16. The first kappa shape index (κ1) is 12.9. The van der Waals surface area contributed by atoms with E-state index in [9.17, 15) is 24.2 Å². The molecule has 8 nitrogen and oxygen atoms in total. The molecule has 18 heavy (non-hydrogen) atoms. The maximum atomic E-state index is 13.1. The van der Waals surface area contributed by atoms with Gasteiger partial charge in [-0.1, -0.05) is 0 Å². The number of H-pyrrole nitrogens is 1. The standard InChI is InChI=1S/C9H11FN2O6/c10-3-1-12(9(17)11-7(3)16)8-6(15)5(14)4(2-13)18-8/h1,4-6,8,13-15H,2H2,(H,11,16,17)/t4-,5-,6-,8-/m1/s1/i10-1. The van der Waals surface area contributed by atoms with Crippen LogP contribution in [0.4, 0.5) is 4.39 Å². The zero-order valence-corrected chi connectivity index (χ0v) is 8.99. The van der Waals surface area contributed by atoms with Crippen LogP contribution in [0.2, 0.25) is 0 Å². The molecule has 100 valence electrons. The third-order valence-electron chi connectivity index (χ3n) is 2.72. The van der Waals surface area contributed by atoms with E-state index in [2.05, 4.69) is 0 Å². The maximum Gasteiger partial charge on any atom is 0.330 e. The highest BCUT2D eigenvalue weighted by molar-refractivity contribution is 4.94. The molecule has 2 rings (SSSR count). The summed E-state index contributed by atoms with van der Waals surface area (Å²) in [4.78, 5) is 24.0. The smallest absolute Gasteiger partial charge is 0.330 e. The van der Waals surface area contributed by atoms with Gasteiger partial charge in [0.05, 0.1) is 12.8 Å². The highest BCUT2D eigenvalue weighted by atomic mass is 18.2. The van der Waals surface area contributed by atoms with E-state index < -0.39 is 48.2 Å². The molecule has 1 fully saturated rings. The van der Waals surface area contributed by atoms with E-state index in [1.54, 1.807) is 4.98 Å². The van der Waals surface area contributed by atoms with Gasteiger partial charge in [0.15, 0.2) is 6.23 Å². The van der Waals surface area contributed by atoms with Gasteiger partial charge in [-0.2, -0.15) is 4.39 Å². The molecule has 0 spiro atoms. The van der Waals surface area contributed by atoms with Crippen LogP contribution in [0.3, 0.4) is 0 Å². The van der Waals surface area contributed by atoms with Gasteiger partial charge < -0.3 is 20.1 Å². The van der Waals surface area contributed by atoms with Crippen molar-refractivity contribution in [2.75, 3.05) is 6.61 Å². The van der Waals surface area contributed by atoms with Gasteiger partial charge in [0, 0.05) is 0 Å². The van der Waals surface area contributed by atoms with Crippen molar-refractivity contribution in [2.45, 2.75) is 24.5 Å². The minimum Gasteiger partial charge on any atom is -0.394 e. The molecule has 0 amide bonds. The third-order valence-corrected chi connectivity index (χ3v) is 2.72. The van der Waals surface area contributed by atoms with Crippen LogP contribution in [0, 0.1) is 5.82 Å². The maximum absolute atomic E-state index is 13.1. The molecule has 0 radical (unpaired) electrons. The highest BCUT2D eigenvalue weighted by Crippen LogP contribution is 2.27. The minimum absolute atomic E-state index is 0.571. The van der Waals surface area contributed by atoms with E-state index in [1.807, 2.05) is 0 Å². The number of aliphatic hydroxyl groups is 3. The summed E-state index contributed by atoms with van der Waals surface area (Å²) in [5.41, 5.74) is -2.18. The van der Waals surface area contributed by atoms with Crippen LogP contribution in [0.25, 0.3) is 0 Å².